The van der Waals surface area contributed by atoms with Crippen LogP contribution in [0.3, 0.4) is 0 Å². The minimum atomic E-state index is 0.132. The number of hydrogen-bond acceptors (Lipinski definition) is 2. The first kappa shape index (κ1) is 10.5. The Hall–Kier alpha value is -1.61. The van der Waals surface area contributed by atoms with Gasteiger partial charge in [-0.2, -0.15) is 5.10 Å². The van der Waals surface area contributed by atoms with Crippen molar-refractivity contribution >= 4 is 0 Å². The molecule has 0 bridgehead atoms. The summed E-state index contributed by atoms with van der Waals surface area (Å²) in [6, 6.07) is 8.47. The van der Waals surface area contributed by atoms with Crippen molar-refractivity contribution in [1.29, 1.82) is 0 Å². The average molecular weight is 227 g/mol. The van der Waals surface area contributed by atoms with E-state index in [1.807, 2.05) is 0 Å². The fourth-order valence-electron chi connectivity index (χ4n) is 2.66. The Kier molecular flexibility index (Phi) is 2.48. The lowest BCUT2D eigenvalue weighted by atomic mass is 9.89. The molecule has 1 atom stereocenters. The Labute approximate surface area is 101 Å². The average Bonchev–Trinajstić information content (AvgIpc) is 2.75. The molecule has 2 aromatic rings. The molecule has 3 N–H and O–H groups in total. The maximum atomic E-state index is 6.22. The third kappa shape index (κ3) is 1.67. The van der Waals surface area contributed by atoms with Gasteiger partial charge in [-0.3, -0.25) is 5.10 Å². The highest BCUT2D eigenvalue weighted by Crippen LogP contribution is 2.35. The standard InChI is InChI=1S/C14H17N3/c1-9-5-2-3-6-10(9)14-13-11(15)7-4-8-12(13)16-17-14/h2-3,5-6,11H,4,7-8,15H2,1H3,(H,16,17). The molecular weight excluding hydrogens is 210 g/mol. The van der Waals surface area contributed by atoms with E-state index in [0.717, 1.165) is 25.0 Å². The van der Waals surface area contributed by atoms with Crippen LogP contribution in [0.25, 0.3) is 11.3 Å². The molecule has 0 spiro atoms. The van der Waals surface area contributed by atoms with E-state index in [9.17, 15) is 0 Å². The van der Waals surface area contributed by atoms with Gasteiger partial charge in [0.1, 0.15) is 0 Å². The lowest BCUT2D eigenvalue weighted by molar-refractivity contribution is 0.567. The van der Waals surface area contributed by atoms with Crippen molar-refractivity contribution in [3.05, 3.63) is 41.1 Å². The second kappa shape index (κ2) is 4.00. The molecule has 1 heterocycles. The van der Waals surface area contributed by atoms with Crippen LogP contribution in [0.2, 0.25) is 0 Å². The van der Waals surface area contributed by atoms with Gasteiger partial charge in [-0.1, -0.05) is 24.3 Å². The number of rotatable bonds is 1. The monoisotopic (exact) mass is 227 g/mol. The van der Waals surface area contributed by atoms with Crippen molar-refractivity contribution in [3.63, 3.8) is 0 Å². The van der Waals surface area contributed by atoms with Gasteiger partial charge in [0.25, 0.3) is 0 Å². The van der Waals surface area contributed by atoms with Gasteiger partial charge in [-0.15, -0.1) is 0 Å². The van der Waals surface area contributed by atoms with Crippen molar-refractivity contribution in [2.75, 3.05) is 0 Å². The summed E-state index contributed by atoms with van der Waals surface area (Å²) in [6.07, 6.45) is 3.29. The lowest BCUT2D eigenvalue weighted by Crippen LogP contribution is -2.17. The maximum Gasteiger partial charge on any atom is 0.0973 e. The van der Waals surface area contributed by atoms with E-state index in [1.54, 1.807) is 0 Å². The van der Waals surface area contributed by atoms with Crippen LogP contribution < -0.4 is 5.73 Å². The van der Waals surface area contributed by atoms with Gasteiger partial charge >= 0.3 is 0 Å². The van der Waals surface area contributed by atoms with Gasteiger partial charge in [-0.25, -0.2) is 0 Å². The number of fused-ring (bicyclic) bond motifs is 1. The maximum absolute atomic E-state index is 6.22. The normalized spacial score (nSPS) is 19.1. The number of benzene rings is 1. The third-order valence-corrected chi connectivity index (χ3v) is 3.60. The van der Waals surface area contributed by atoms with E-state index in [0.29, 0.717) is 0 Å². The summed E-state index contributed by atoms with van der Waals surface area (Å²) in [6.45, 7) is 2.12. The van der Waals surface area contributed by atoms with E-state index in [4.69, 9.17) is 5.73 Å². The molecule has 1 aliphatic carbocycles. The van der Waals surface area contributed by atoms with Crippen molar-refractivity contribution in [2.24, 2.45) is 5.73 Å². The summed E-state index contributed by atoms with van der Waals surface area (Å²) < 4.78 is 0. The van der Waals surface area contributed by atoms with E-state index >= 15 is 0 Å². The van der Waals surface area contributed by atoms with Crippen molar-refractivity contribution < 1.29 is 0 Å². The highest BCUT2D eigenvalue weighted by atomic mass is 15.1. The zero-order valence-corrected chi connectivity index (χ0v) is 10.0. The fraction of sp³-hybridized carbons (Fsp3) is 0.357. The van der Waals surface area contributed by atoms with Gasteiger partial charge in [0.05, 0.1) is 5.69 Å². The first-order valence-electron chi connectivity index (χ1n) is 6.16. The van der Waals surface area contributed by atoms with Crippen LogP contribution in [0.5, 0.6) is 0 Å². The van der Waals surface area contributed by atoms with Gasteiger partial charge < -0.3 is 5.73 Å². The van der Waals surface area contributed by atoms with E-state index in [2.05, 4.69) is 41.4 Å². The van der Waals surface area contributed by atoms with Crippen LogP contribution in [0.1, 0.15) is 35.7 Å². The predicted molar refractivity (Wildman–Crippen MR) is 68.6 cm³/mol. The minimum absolute atomic E-state index is 0.132. The summed E-state index contributed by atoms with van der Waals surface area (Å²) in [7, 11) is 0. The molecule has 3 heteroatoms. The molecule has 0 saturated heterocycles. The minimum Gasteiger partial charge on any atom is -0.324 e. The van der Waals surface area contributed by atoms with Crippen LogP contribution >= 0.6 is 0 Å². The number of aromatic nitrogens is 2. The largest absolute Gasteiger partial charge is 0.324 e. The van der Waals surface area contributed by atoms with Crippen LogP contribution in [0.15, 0.2) is 24.3 Å². The first-order valence-corrected chi connectivity index (χ1v) is 6.16. The molecule has 17 heavy (non-hydrogen) atoms. The van der Waals surface area contributed by atoms with Gasteiger partial charge in [0.15, 0.2) is 0 Å². The second-order valence-corrected chi connectivity index (χ2v) is 4.78. The first-order chi connectivity index (χ1) is 8.27. The summed E-state index contributed by atoms with van der Waals surface area (Å²) in [5, 5.41) is 7.63. The van der Waals surface area contributed by atoms with Crippen LogP contribution in [0, 0.1) is 6.92 Å². The number of hydrogen-bond donors (Lipinski definition) is 2. The van der Waals surface area contributed by atoms with Crippen LogP contribution in [-0.4, -0.2) is 10.2 Å². The van der Waals surface area contributed by atoms with E-state index < -0.39 is 0 Å². The molecule has 1 unspecified atom stereocenters. The van der Waals surface area contributed by atoms with Crippen LogP contribution in [0.4, 0.5) is 0 Å². The Morgan fingerprint density at radius 3 is 3.00 bits per heavy atom. The van der Waals surface area contributed by atoms with Gasteiger partial charge in [0.2, 0.25) is 0 Å². The fourth-order valence-corrected chi connectivity index (χ4v) is 2.66. The molecule has 1 aromatic carbocycles. The van der Waals surface area contributed by atoms with Gasteiger partial charge in [-0.05, 0) is 31.7 Å². The summed E-state index contributed by atoms with van der Waals surface area (Å²) in [5.74, 6) is 0. The Bertz CT molecular complexity index is 542. The van der Waals surface area contributed by atoms with Crippen molar-refractivity contribution in [1.82, 2.24) is 10.2 Å². The number of aryl methyl sites for hydroxylation is 2. The molecule has 1 aromatic heterocycles. The third-order valence-electron chi connectivity index (χ3n) is 3.60. The molecule has 88 valence electrons. The zero-order valence-electron chi connectivity index (χ0n) is 10.0. The molecule has 0 fully saturated rings. The second-order valence-electron chi connectivity index (χ2n) is 4.78. The molecule has 1 aliphatic rings. The number of nitrogens with one attached hydrogen (secondary N) is 1. The smallest absolute Gasteiger partial charge is 0.0973 e. The molecule has 0 amide bonds. The van der Waals surface area contributed by atoms with E-state index in [1.165, 1.54) is 22.4 Å². The van der Waals surface area contributed by atoms with Crippen LogP contribution in [-0.2, 0) is 6.42 Å². The highest BCUT2D eigenvalue weighted by Gasteiger charge is 2.24. The lowest BCUT2D eigenvalue weighted by Gasteiger charge is -2.19. The predicted octanol–water partition coefficient (Wildman–Crippen LogP) is 2.72. The Balaban J connectivity index is 2.17. The summed E-state index contributed by atoms with van der Waals surface area (Å²) in [5.41, 5.74) is 12.2. The topological polar surface area (TPSA) is 54.7 Å². The SMILES string of the molecule is Cc1ccccc1-c1n[nH]c2c1C(N)CCC2. The van der Waals surface area contributed by atoms with Gasteiger partial charge in [0, 0.05) is 22.9 Å². The molecule has 0 saturated carbocycles. The quantitative estimate of drug-likeness (QED) is 0.787. The zero-order chi connectivity index (χ0) is 11.8. The molecule has 0 radical (unpaired) electrons. The number of H-pyrrole nitrogens is 1. The number of nitrogens with two attached hydrogens (primary N) is 1. The number of nitrogens with zero attached hydrogens (tertiary/aromatic N) is 1. The Morgan fingerprint density at radius 1 is 1.35 bits per heavy atom. The molecule has 3 nitrogen and oxygen atoms in total. The van der Waals surface area contributed by atoms with Crippen molar-refractivity contribution in [2.45, 2.75) is 32.2 Å². The molecule has 0 aliphatic heterocycles. The van der Waals surface area contributed by atoms with Crippen molar-refractivity contribution in [3.8, 4) is 11.3 Å². The highest BCUT2D eigenvalue weighted by molar-refractivity contribution is 5.68. The Morgan fingerprint density at radius 2 is 2.18 bits per heavy atom. The number of aromatic amines is 1. The summed E-state index contributed by atoms with van der Waals surface area (Å²) in [4.78, 5) is 0. The summed E-state index contributed by atoms with van der Waals surface area (Å²) >= 11 is 0. The molecule has 3 rings (SSSR count). The van der Waals surface area contributed by atoms with E-state index in [-0.39, 0.29) is 6.04 Å². The molecular formula is C14H17N3.